The third-order valence-electron chi connectivity index (χ3n) is 8.17. The largest absolute Gasteiger partial charge is 0.466 e. The molecule has 210 valence electrons. The molecule has 0 aromatic carbocycles. The molecule has 3 heterocycles. The fraction of sp³-hybridized carbons (Fsp3) is 0.828. The van der Waals surface area contributed by atoms with E-state index in [0.717, 1.165) is 44.9 Å². The number of aliphatic hydroxyl groups is 1. The van der Waals surface area contributed by atoms with Crippen molar-refractivity contribution in [1.29, 1.82) is 0 Å². The minimum absolute atomic E-state index is 0.0114. The lowest BCUT2D eigenvalue weighted by molar-refractivity contribution is -0.153. The average molecular weight is 537 g/mol. The predicted molar refractivity (Wildman–Crippen MR) is 148 cm³/mol. The predicted octanol–water partition coefficient (Wildman–Crippen LogP) is 4.42. The summed E-state index contributed by atoms with van der Waals surface area (Å²) in [6.07, 6.45) is 7.42. The van der Waals surface area contributed by atoms with Crippen molar-refractivity contribution in [3.63, 3.8) is 0 Å². The van der Waals surface area contributed by atoms with E-state index in [2.05, 4.69) is 41.2 Å². The summed E-state index contributed by atoms with van der Waals surface area (Å²) >= 11 is 1.69. The van der Waals surface area contributed by atoms with E-state index in [9.17, 15) is 14.4 Å². The number of esters is 1. The van der Waals surface area contributed by atoms with Crippen LogP contribution in [0.25, 0.3) is 0 Å². The Kier molecular flexibility index (Phi) is 9.48. The number of amides is 2. The van der Waals surface area contributed by atoms with Crippen molar-refractivity contribution < 1.29 is 24.2 Å². The lowest BCUT2D eigenvalue weighted by atomic mass is 9.71. The molecule has 1 spiro atoms. The summed E-state index contributed by atoms with van der Waals surface area (Å²) in [5.41, 5.74) is -0.423. The fourth-order valence-corrected chi connectivity index (χ4v) is 9.43. The second-order valence-corrected chi connectivity index (χ2v) is 14.4. The molecule has 2 amide bonds. The standard InChI is InChI=1S/C29H48N2O5S/c1-8-16-31(28(6,7)19-27(3,4)5)25(34)23-29-15-14-20(37-29)21(26(35)36-9-2)22(29)24(33)30(23)17-12-10-11-13-18-32/h8,20-23,32H,1,9-19H2,2-7H3/t20-,21+,22+,23?,29?/m1/s1. The van der Waals surface area contributed by atoms with Crippen LogP contribution in [0.1, 0.15) is 86.5 Å². The Morgan fingerprint density at radius 2 is 1.89 bits per heavy atom. The number of unbranched alkanes of at least 4 members (excludes halogenated alkanes) is 3. The van der Waals surface area contributed by atoms with Crippen LogP contribution < -0.4 is 0 Å². The van der Waals surface area contributed by atoms with Crippen LogP contribution in [-0.4, -0.2) is 80.6 Å². The molecule has 37 heavy (non-hydrogen) atoms. The molecule has 3 aliphatic heterocycles. The number of nitrogens with zero attached hydrogens (tertiary/aromatic N) is 2. The summed E-state index contributed by atoms with van der Waals surface area (Å²) < 4.78 is 4.83. The Hall–Kier alpha value is -1.54. The number of fused-ring (bicyclic) bond motifs is 1. The van der Waals surface area contributed by atoms with Gasteiger partial charge in [-0.1, -0.05) is 39.7 Å². The van der Waals surface area contributed by atoms with Gasteiger partial charge in [-0.2, -0.15) is 0 Å². The highest BCUT2D eigenvalue weighted by Crippen LogP contribution is 2.66. The number of thioether (sulfide) groups is 1. The maximum atomic E-state index is 14.6. The molecule has 1 N–H and O–H groups in total. The van der Waals surface area contributed by atoms with Gasteiger partial charge in [-0.25, -0.2) is 0 Å². The second-order valence-electron chi connectivity index (χ2n) is 12.8. The van der Waals surface area contributed by atoms with E-state index in [1.54, 1.807) is 29.7 Å². The SMILES string of the molecule is C=CCN(C(=O)C1N(CCCCCCO)C(=O)[C@@H]2[C@@H](C(=O)OCC)[C@H]3CCC12S3)C(C)(C)CC(C)(C)C. The van der Waals surface area contributed by atoms with Crippen molar-refractivity contribution in [1.82, 2.24) is 9.80 Å². The quantitative estimate of drug-likeness (QED) is 0.213. The number of likely N-dealkylation sites (tertiary alicyclic amines) is 1. The van der Waals surface area contributed by atoms with Crippen LogP contribution in [0.2, 0.25) is 0 Å². The molecule has 3 aliphatic rings. The molecule has 0 radical (unpaired) electrons. The van der Waals surface area contributed by atoms with E-state index in [-0.39, 0.29) is 41.7 Å². The molecular weight excluding hydrogens is 488 g/mol. The van der Waals surface area contributed by atoms with E-state index in [1.165, 1.54) is 0 Å². The molecule has 8 heteroatoms. The summed E-state index contributed by atoms with van der Waals surface area (Å²) in [4.78, 5) is 45.4. The van der Waals surface area contributed by atoms with Crippen LogP contribution in [0.4, 0.5) is 0 Å². The average Bonchev–Trinajstić information content (AvgIpc) is 3.43. The van der Waals surface area contributed by atoms with Crippen LogP contribution in [0, 0.1) is 17.3 Å². The van der Waals surface area contributed by atoms with Gasteiger partial charge < -0.3 is 19.6 Å². The van der Waals surface area contributed by atoms with Crippen LogP contribution in [0.3, 0.4) is 0 Å². The smallest absolute Gasteiger partial charge is 0.310 e. The number of rotatable bonds is 13. The van der Waals surface area contributed by atoms with Crippen LogP contribution in [0.15, 0.2) is 12.7 Å². The summed E-state index contributed by atoms with van der Waals surface area (Å²) in [5.74, 6) is -1.40. The van der Waals surface area contributed by atoms with E-state index >= 15 is 0 Å². The van der Waals surface area contributed by atoms with E-state index in [1.807, 2.05) is 4.90 Å². The zero-order valence-corrected chi connectivity index (χ0v) is 24.6. The van der Waals surface area contributed by atoms with Gasteiger partial charge >= 0.3 is 5.97 Å². The molecule has 2 unspecified atom stereocenters. The summed E-state index contributed by atoms with van der Waals surface area (Å²) in [7, 11) is 0. The third kappa shape index (κ3) is 5.90. The van der Waals surface area contributed by atoms with Crippen molar-refractivity contribution in [3.05, 3.63) is 12.7 Å². The number of carbonyl (C=O) groups excluding carboxylic acids is 3. The summed E-state index contributed by atoms with van der Waals surface area (Å²) in [5, 5.41) is 9.16. The minimum atomic E-state index is -0.600. The number of carbonyl (C=O) groups is 3. The Morgan fingerprint density at radius 1 is 1.22 bits per heavy atom. The highest BCUT2D eigenvalue weighted by molar-refractivity contribution is 8.02. The monoisotopic (exact) mass is 536 g/mol. The van der Waals surface area contributed by atoms with E-state index < -0.39 is 28.2 Å². The summed E-state index contributed by atoms with van der Waals surface area (Å²) in [6, 6.07) is -0.600. The van der Waals surface area contributed by atoms with Gasteiger partial charge in [0.25, 0.3) is 0 Å². The molecule has 0 aromatic heterocycles. The zero-order chi connectivity index (χ0) is 27.6. The number of hydrogen-bond donors (Lipinski definition) is 1. The highest BCUT2D eigenvalue weighted by Gasteiger charge is 2.74. The molecule has 7 nitrogen and oxygen atoms in total. The molecule has 0 aromatic rings. The van der Waals surface area contributed by atoms with Gasteiger partial charge in [0.05, 0.1) is 23.2 Å². The molecule has 5 atom stereocenters. The normalized spacial score (nSPS) is 28.9. The molecule has 0 saturated carbocycles. The van der Waals surface area contributed by atoms with Gasteiger partial charge in [0.2, 0.25) is 11.8 Å². The molecular formula is C29H48N2O5S. The van der Waals surface area contributed by atoms with Gasteiger partial charge in [0.1, 0.15) is 6.04 Å². The highest BCUT2D eigenvalue weighted by atomic mass is 32.2. The number of ether oxygens (including phenoxy) is 1. The minimum Gasteiger partial charge on any atom is -0.466 e. The topological polar surface area (TPSA) is 87.2 Å². The first kappa shape index (κ1) is 30.0. The molecule has 2 bridgehead atoms. The van der Waals surface area contributed by atoms with Crippen LogP contribution >= 0.6 is 11.8 Å². The Labute approximate surface area is 227 Å². The lowest BCUT2D eigenvalue weighted by Gasteiger charge is -2.46. The molecule has 3 fully saturated rings. The van der Waals surface area contributed by atoms with E-state index in [0.29, 0.717) is 13.1 Å². The fourth-order valence-electron chi connectivity index (χ4n) is 7.23. The van der Waals surface area contributed by atoms with Crippen molar-refractivity contribution in [2.24, 2.45) is 17.3 Å². The van der Waals surface area contributed by atoms with Crippen LogP contribution in [0.5, 0.6) is 0 Å². The Balaban J connectivity index is 1.99. The lowest BCUT2D eigenvalue weighted by Crippen LogP contribution is -2.60. The summed E-state index contributed by atoms with van der Waals surface area (Å²) in [6.45, 7) is 17.8. The number of aliphatic hydroxyl groups excluding tert-OH is 1. The molecule has 3 saturated heterocycles. The first-order valence-electron chi connectivity index (χ1n) is 14.0. The zero-order valence-electron chi connectivity index (χ0n) is 23.8. The van der Waals surface area contributed by atoms with Gasteiger partial charge in [-0.15, -0.1) is 18.3 Å². The third-order valence-corrected chi connectivity index (χ3v) is 10.1. The Morgan fingerprint density at radius 3 is 2.49 bits per heavy atom. The van der Waals surface area contributed by atoms with Gasteiger partial charge in [0.15, 0.2) is 0 Å². The first-order valence-corrected chi connectivity index (χ1v) is 14.9. The Bertz CT molecular complexity index is 869. The van der Waals surface area contributed by atoms with Gasteiger partial charge in [-0.05, 0) is 58.3 Å². The van der Waals surface area contributed by atoms with E-state index in [4.69, 9.17) is 9.84 Å². The van der Waals surface area contributed by atoms with Crippen molar-refractivity contribution >= 4 is 29.5 Å². The maximum Gasteiger partial charge on any atom is 0.310 e. The molecule has 3 rings (SSSR count). The molecule has 0 aliphatic carbocycles. The van der Waals surface area contributed by atoms with Crippen molar-refractivity contribution in [2.45, 2.75) is 108 Å². The first-order chi connectivity index (χ1) is 17.3. The van der Waals surface area contributed by atoms with Crippen molar-refractivity contribution in [2.75, 3.05) is 26.3 Å². The van der Waals surface area contributed by atoms with Crippen LogP contribution in [-0.2, 0) is 19.1 Å². The number of hydrogen-bond acceptors (Lipinski definition) is 6. The van der Waals surface area contributed by atoms with Gasteiger partial charge in [0, 0.05) is 30.5 Å². The second kappa shape index (κ2) is 11.7. The maximum absolute atomic E-state index is 14.6. The van der Waals surface area contributed by atoms with Crippen molar-refractivity contribution in [3.8, 4) is 0 Å². The van der Waals surface area contributed by atoms with Gasteiger partial charge in [-0.3, -0.25) is 14.4 Å².